The summed E-state index contributed by atoms with van der Waals surface area (Å²) < 4.78 is 3.12. The first-order chi connectivity index (χ1) is 7.18. The lowest BCUT2D eigenvalue weighted by atomic mass is 10.3. The van der Waals surface area contributed by atoms with Crippen molar-refractivity contribution in [2.75, 3.05) is 0 Å². The van der Waals surface area contributed by atoms with Crippen LogP contribution in [0.2, 0.25) is 5.02 Å². The molecule has 1 saturated carbocycles. The average Bonchev–Trinajstić information content (AvgIpc) is 2.94. The van der Waals surface area contributed by atoms with E-state index in [2.05, 4.69) is 50.2 Å². The van der Waals surface area contributed by atoms with Crippen LogP contribution >= 0.6 is 34.2 Å². The van der Waals surface area contributed by atoms with Gasteiger partial charge in [-0.3, -0.25) is 4.40 Å². The van der Waals surface area contributed by atoms with Crippen molar-refractivity contribution in [2.45, 2.75) is 25.7 Å². The highest BCUT2D eigenvalue weighted by atomic mass is 127. The van der Waals surface area contributed by atoms with E-state index in [1.807, 2.05) is 0 Å². The third kappa shape index (κ3) is 1.45. The molecule has 1 aliphatic carbocycles. The van der Waals surface area contributed by atoms with Crippen LogP contribution in [-0.4, -0.2) is 14.6 Å². The van der Waals surface area contributed by atoms with E-state index in [-0.39, 0.29) is 0 Å². The Bertz CT molecular complexity index is 545. The minimum absolute atomic E-state index is 0.592. The second kappa shape index (κ2) is 3.31. The molecule has 1 fully saturated rings. The van der Waals surface area contributed by atoms with Crippen molar-refractivity contribution in [3.05, 3.63) is 26.2 Å². The van der Waals surface area contributed by atoms with Crippen molar-refractivity contribution < 1.29 is 0 Å². The fourth-order valence-electron chi connectivity index (χ4n) is 1.81. The van der Waals surface area contributed by atoms with Crippen LogP contribution < -0.4 is 0 Å². The maximum Gasteiger partial charge on any atom is 0.180 e. The molecule has 0 aliphatic heterocycles. The molecule has 3 rings (SSSR count). The maximum absolute atomic E-state index is 6.21. The van der Waals surface area contributed by atoms with E-state index in [4.69, 9.17) is 11.6 Å². The SMILES string of the molecule is Cc1cc(I)c(Cl)c2nnc(C3CC3)n12. The van der Waals surface area contributed by atoms with Gasteiger partial charge in [-0.25, -0.2) is 0 Å². The predicted octanol–water partition coefficient (Wildman–Crippen LogP) is 3.17. The molecule has 0 aromatic carbocycles. The third-order valence-electron chi connectivity index (χ3n) is 2.72. The van der Waals surface area contributed by atoms with Gasteiger partial charge in [-0.2, -0.15) is 0 Å². The number of nitrogens with zero attached hydrogens (tertiary/aromatic N) is 3. The van der Waals surface area contributed by atoms with Crippen molar-refractivity contribution in [1.82, 2.24) is 14.6 Å². The summed E-state index contributed by atoms with van der Waals surface area (Å²) in [6.07, 6.45) is 2.45. The highest BCUT2D eigenvalue weighted by molar-refractivity contribution is 14.1. The number of pyridine rings is 1. The highest BCUT2D eigenvalue weighted by Gasteiger charge is 2.29. The summed E-state index contributed by atoms with van der Waals surface area (Å²) in [6.45, 7) is 2.07. The number of fused-ring (bicyclic) bond motifs is 1. The van der Waals surface area contributed by atoms with Crippen molar-refractivity contribution >= 4 is 39.8 Å². The van der Waals surface area contributed by atoms with Gasteiger partial charge in [0.1, 0.15) is 5.82 Å². The first-order valence-electron chi connectivity index (χ1n) is 4.88. The molecule has 2 aromatic rings. The number of halogens is 2. The lowest BCUT2D eigenvalue weighted by Crippen LogP contribution is -1.98. The van der Waals surface area contributed by atoms with Gasteiger partial charge in [-0.1, -0.05) is 11.6 Å². The van der Waals surface area contributed by atoms with Crippen LogP contribution in [0.25, 0.3) is 5.65 Å². The molecule has 2 aromatic heterocycles. The molecular weight excluding hydrogens is 324 g/mol. The van der Waals surface area contributed by atoms with Gasteiger partial charge in [0.25, 0.3) is 0 Å². The minimum atomic E-state index is 0.592. The zero-order valence-electron chi connectivity index (χ0n) is 8.17. The van der Waals surface area contributed by atoms with Gasteiger partial charge in [0.15, 0.2) is 5.65 Å². The molecule has 0 N–H and O–H groups in total. The first kappa shape index (κ1) is 9.84. The molecule has 0 radical (unpaired) electrons. The topological polar surface area (TPSA) is 30.2 Å². The van der Waals surface area contributed by atoms with Crippen LogP contribution in [-0.2, 0) is 0 Å². The molecule has 0 bridgehead atoms. The third-order valence-corrected chi connectivity index (χ3v) is 4.27. The lowest BCUT2D eigenvalue weighted by molar-refractivity contribution is 0.880. The maximum atomic E-state index is 6.21. The van der Waals surface area contributed by atoms with Gasteiger partial charge >= 0.3 is 0 Å². The molecule has 5 heteroatoms. The quantitative estimate of drug-likeness (QED) is 0.750. The molecule has 0 atom stereocenters. The molecule has 3 nitrogen and oxygen atoms in total. The van der Waals surface area contributed by atoms with Gasteiger partial charge in [-0.05, 0) is 48.4 Å². The van der Waals surface area contributed by atoms with Gasteiger partial charge in [0.05, 0.1) is 5.02 Å². The van der Waals surface area contributed by atoms with Gasteiger partial charge in [-0.15, -0.1) is 10.2 Å². The van der Waals surface area contributed by atoms with Crippen LogP contribution in [0.4, 0.5) is 0 Å². The zero-order valence-corrected chi connectivity index (χ0v) is 11.1. The summed E-state index contributed by atoms with van der Waals surface area (Å²) in [5.74, 6) is 1.66. The molecular formula is C10H9ClIN3. The van der Waals surface area contributed by atoms with Gasteiger partial charge < -0.3 is 0 Å². The number of rotatable bonds is 1. The summed E-state index contributed by atoms with van der Waals surface area (Å²) in [4.78, 5) is 0. The van der Waals surface area contributed by atoms with Crippen LogP contribution in [0.5, 0.6) is 0 Å². The van der Waals surface area contributed by atoms with Crippen LogP contribution in [0, 0.1) is 10.5 Å². The Kier molecular flexibility index (Phi) is 2.17. The number of aryl methyl sites for hydroxylation is 1. The van der Waals surface area contributed by atoms with E-state index in [1.165, 1.54) is 12.8 Å². The minimum Gasteiger partial charge on any atom is -0.282 e. The average molecular weight is 334 g/mol. The predicted molar refractivity (Wildman–Crippen MR) is 67.4 cm³/mol. The summed E-state index contributed by atoms with van der Waals surface area (Å²) >= 11 is 8.43. The fraction of sp³-hybridized carbons (Fsp3) is 0.400. The Balaban J connectivity index is 2.38. The van der Waals surface area contributed by atoms with E-state index in [9.17, 15) is 0 Å². The standard InChI is InChI=1S/C10H9ClIN3/c1-5-4-7(12)8(11)10-14-13-9(15(5)10)6-2-3-6/h4,6H,2-3H2,1H3. The summed E-state index contributed by atoms with van der Waals surface area (Å²) in [7, 11) is 0. The Hall–Kier alpha value is -0.360. The van der Waals surface area contributed by atoms with Crippen molar-refractivity contribution in [3.8, 4) is 0 Å². The number of hydrogen-bond acceptors (Lipinski definition) is 2. The highest BCUT2D eigenvalue weighted by Crippen LogP contribution is 2.40. The second-order valence-electron chi connectivity index (χ2n) is 3.94. The molecule has 15 heavy (non-hydrogen) atoms. The fourth-order valence-corrected chi connectivity index (χ4v) is 2.68. The van der Waals surface area contributed by atoms with Crippen LogP contribution in [0.3, 0.4) is 0 Å². The molecule has 1 aliphatic rings. The first-order valence-corrected chi connectivity index (χ1v) is 6.34. The molecule has 0 spiro atoms. The molecule has 0 saturated heterocycles. The monoisotopic (exact) mass is 333 g/mol. The normalized spacial score (nSPS) is 16.2. The Morgan fingerprint density at radius 3 is 2.87 bits per heavy atom. The number of aromatic nitrogens is 3. The lowest BCUT2D eigenvalue weighted by Gasteiger charge is -2.05. The second-order valence-corrected chi connectivity index (χ2v) is 5.48. The van der Waals surface area contributed by atoms with Crippen molar-refractivity contribution in [3.63, 3.8) is 0 Å². The Labute approximate surface area is 106 Å². The van der Waals surface area contributed by atoms with Gasteiger partial charge in [0.2, 0.25) is 0 Å². The van der Waals surface area contributed by atoms with E-state index in [0.29, 0.717) is 10.9 Å². The number of hydrogen-bond donors (Lipinski definition) is 0. The van der Waals surface area contributed by atoms with Crippen LogP contribution in [0.15, 0.2) is 6.07 Å². The zero-order chi connectivity index (χ0) is 10.6. The largest absolute Gasteiger partial charge is 0.282 e. The van der Waals surface area contributed by atoms with Crippen molar-refractivity contribution in [2.24, 2.45) is 0 Å². The Morgan fingerprint density at radius 2 is 2.20 bits per heavy atom. The van der Waals surface area contributed by atoms with E-state index in [1.54, 1.807) is 0 Å². The van der Waals surface area contributed by atoms with E-state index < -0.39 is 0 Å². The van der Waals surface area contributed by atoms with Crippen LogP contribution in [0.1, 0.15) is 30.3 Å². The molecule has 0 amide bonds. The van der Waals surface area contributed by atoms with E-state index >= 15 is 0 Å². The van der Waals surface area contributed by atoms with E-state index in [0.717, 1.165) is 20.7 Å². The van der Waals surface area contributed by atoms with Gasteiger partial charge in [0, 0.05) is 15.2 Å². The molecule has 0 unspecified atom stereocenters. The summed E-state index contributed by atoms with van der Waals surface area (Å²) in [5, 5.41) is 9.13. The summed E-state index contributed by atoms with van der Waals surface area (Å²) in [5.41, 5.74) is 1.95. The smallest absolute Gasteiger partial charge is 0.180 e. The van der Waals surface area contributed by atoms with Crippen molar-refractivity contribution in [1.29, 1.82) is 0 Å². The molecule has 78 valence electrons. The Morgan fingerprint density at radius 1 is 1.47 bits per heavy atom. The molecule has 2 heterocycles. The summed E-state index contributed by atoms with van der Waals surface area (Å²) in [6, 6.07) is 2.07.